The number of unbranched alkanes of at least 4 members (excludes halogenated alkanes) is 24. The summed E-state index contributed by atoms with van der Waals surface area (Å²) in [6.45, 7) is 18.3. The number of methoxy groups -OCH3 is 1. The third-order valence-electron chi connectivity index (χ3n) is 13.2. The fourth-order valence-electron chi connectivity index (χ4n) is 8.45. The van der Waals surface area contributed by atoms with Crippen molar-refractivity contribution in [3.63, 3.8) is 0 Å². The number of carbonyl (C=O) groups excluding carboxylic acids is 4. The van der Waals surface area contributed by atoms with Crippen LogP contribution in [0.3, 0.4) is 0 Å². The van der Waals surface area contributed by atoms with Crippen molar-refractivity contribution in [3.05, 3.63) is 0 Å². The third kappa shape index (κ3) is 46.1. The van der Waals surface area contributed by atoms with Crippen LogP contribution in [0.15, 0.2) is 0 Å². The topological polar surface area (TPSA) is 118 Å². The molecule has 0 spiro atoms. The van der Waals surface area contributed by atoms with Crippen LogP contribution in [0.2, 0.25) is 0 Å². The normalized spacial score (nSPS) is 11.6. The molecule has 0 atom stereocenters. The van der Waals surface area contributed by atoms with Gasteiger partial charge in [0.1, 0.15) is 0 Å². The molecule has 0 aromatic rings. The van der Waals surface area contributed by atoms with Gasteiger partial charge in [-0.3, -0.25) is 19.2 Å². The summed E-state index contributed by atoms with van der Waals surface area (Å²) in [5.74, 6) is -0.762. The molecule has 0 N–H and O–H groups in total. The van der Waals surface area contributed by atoms with E-state index in [0.717, 1.165) is 90.8 Å². The van der Waals surface area contributed by atoms with Gasteiger partial charge in [0.05, 0.1) is 52.6 Å². The Morgan fingerprint density at radius 1 is 0.294 bits per heavy atom. The molecule has 0 aromatic carbocycles. The predicted molar refractivity (Wildman–Crippen MR) is 282 cm³/mol. The van der Waals surface area contributed by atoms with E-state index in [9.17, 15) is 19.2 Å². The molecular weight excluding hydrogens is 857 g/mol. The minimum atomic E-state index is -0.249. The number of esters is 4. The largest absolute Gasteiger partial charge is 0.469 e. The van der Waals surface area contributed by atoms with E-state index in [0.29, 0.717) is 65.3 Å². The van der Waals surface area contributed by atoms with Gasteiger partial charge in [0.25, 0.3) is 0 Å². The SMILES string of the molecule is CCCCCCCCCCCOC(=O)CCN(CCC(=O)OCCCCCCCCCCC)CCN(C)CCN(CCC)CCN(CCC(=O)OC)CCC(=O)OCCCCCCCCCCC. The van der Waals surface area contributed by atoms with Crippen LogP contribution in [-0.2, 0) is 38.1 Å². The number of likely N-dealkylation sites (N-methyl/N-ethyl adjacent to an activating group) is 1. The van der Waals surface area contributed by atoms with Crippen molar-refractivity contribution in [3.8, 4) is 0 Å². The van der Waals surface area contributed by atoms with Gasteiger partial charge in [-0.15, -0.1) is 0 Å². The molecule has 12 heteroatoms. The van der Waals surface area contributed by atoms with Gasteiger partial charge in [-0.2, -0.15) is 0 Å². The van der Waals surface area contributed by atoms with E-state index in [1.54, 1.807) is 0 Å². The maximum absolute atomic E-state index is 12.8. The molecule has 0 unspecified atom stereocenters. The lowest BCUT2D eigenvalue weighted by Crippen LogP contribution is -2.42. The molecule has 0 rings (SSSR count). The molecule has 0 heterocycles. The zero-order chi connectivity index (χ0) is 50.0. The summed E-state index contributed by atoms with van der Waals surface area (Å²) >= 11 is 0. The highest BCUT2D eigenvalue weighted by Crippen LogP contribution is 2.13. The highest BCUT2D eigenvalue weighted by atomic mass is 16.5. The quantitative estimate of drug-likeness (QED) is 0.0328. The van der Waals surface area contributed by atoms with Crippen LogP contribution < -0.4 is 0 Å². The Morgan fingerprint density at radius 3 is 0.824 bits per heavy atom. The van der Waals surface area contributed by atoms with E-state index in [4.69, 9.17) is 18.9 Å². The van der Waals surface area contributed by atoms with Crippen molar-refractivity contribution >= 4 is 23.9 Å². The molecule has 0 aliphatic heterocycles. The zero-order valence-electron chi connectivity index (χ0n) is 45.6. The van der Waals surface area contributed by atoms with Crippen LogP contribution in [0.1, 0.15) is 233 Å². The van der Waals surface area contributed by atoms with E-state index < -0.39 is 0 Å². The number of hydrogen-bond acceptors (Lipinski definition) is 12. The van der Waals surface area contributed by atoms with E-state index in [2.05, 4.69) is 54.3 Å². The fraction of sp³-hybridized carbons (Fsp3) is 0.929. The average molecular weight is 968 g/mol. The van der Waals surface area contributed by atoms with Crippen molar-refractivity contribution < 1.29 is 38.1 Å². The molecule has 0 radical (unpaired) electrons. The van der Waals surface area contributed by atoms with Crippen molar-refractivity contribution in [1.82, 2.24) is 19.6 Å². The van der Waals surface area contributed by atoms with Crippen LogP contribution in [0.5, 0.6) is 0 Å². The lowest BCUT2D eigenvalue weighted by Gasteiger charge is -2.29. The van der Waals surface area contributed by atoms with Crippen molar-refractivity contribution in [2.45, 2.75) is 233 Å². The minimum absolute atomic E-state index is 0.169. The number of ether oxygens (including phenoxy) is 4. The lowest BCUT2D eigenvalue weighted by molar-refractivity contribution is -0.145. The van der Waals surface area contributed by atoms with Crippen LogP contribution in [0.25, 0.3) is 0 Å². The van der Waals surface area contributed by atoms with Crippen LogP contribution in [-0.4, -0.2) is 149 Å². The summed E-state index contributed by atoms with van der Waals surface area (Å²) in [5, 5.41) is 0. The Morgan fingerprint density at radius 2 is 0.544 bits per heavy atom. The lowest BCUT2D eigenvalue weighted by atomic mass is 10.1. The molecule has 402 valence electrons. The van der Waals surface area contributed by atoms with Gasteiger partial charge in [0.2, 0.25) is 0 Å². The standard InChI is InChI=1S/C56H110N4O8/c1-7-11-14-17-20-23-26-29-32-50-66-54(62)36-41-59(42-37-55(63)67-51-33-30-27-24-21-18-15-12-8-2)47-45-57(5)44-46-58(39-10-4)48-49-60(40-35-53(61)65-6)43-38-56(64)68-52-34-31-28-25-22-19-16-13-9-3/h7-52H2,1-6H3. The zero-order valence-corrected chi connectivity index (χ0v) is 45.6. The van der Waals surface area contributed by atoms with Gasteiger partial charge in [0.15, 0.2) is 0 Å². The summed E-state index contributed by atoms with van der Waals surface area (Å²) in [5.41, 5.74) is 0. The van der Waals surface area contributed by atoms with Gasteiger partial charge >= 0.3 is 23.9 Å². The van der Waals surface area contributed by atoms with Crippen molar-refractivity contribution in [1.29, 1.82) is 0 Å². The Kier molecular flexibility index (Phi) is 49.4. The summed E-state index contributed by atoms with van der Waals surface area (Å²) in [4.78, 5) is 59.5. The second-order valence-corrected chi connectivity index (χ2v) is 19.6. The van der Waals surface area contributed by atoms with Crippen LogP contribution in [0, 0.1) is 0 Å². The maximum Gasteiger partial charge on any atom is 0.307 e. The van der Waals surface area contributed by atoms with Gasteiger partial charge in [-0.1, -0.05) is 182 Å². The Labute approximate surface area is 419 Å². The third-order valence-corrected chi connectivity index (χ3v) is 13.2. The number of nitrogens with zero attached hydrogens (tertiary/aromatic N) is 4. The monoisotopic (exact) mass is 967 g/mol. The molecular formula is C56H110N4O8. The van der Waals surface area contributed by atoms with Gasteiger partial charge in [0, 0.05) is 65.4 Å². The molecule has 0 amide bonds. The molecule has 0 aromatic heterocycles. The molecule has 0 saturated carbocycles. The van der Waals surface area contributed by atoms with E-state index in [1.807, 2.05) is 0 Å². The number of hydrogen-bond donors (Lipinski definition) is 0. The first-order chi connectivity index (χ1) is 33.2. The molecule has 0 aliphatic carbocycles. The number of carbonyl (C=O) groups is 4. The molecule has 0 saturated heterocycles. The van der Waals surface area contributed by atoms with Crippen molar-refractivity contribution in [2.75, 3.05) is 106 Å². The highest BCUT2D eigenvalue weighted by molar-refractivity contribution is 5.70. The summed E-state index contributed by atoms with van der Waals surface area (Å²) in [6.07, 6.45) is 35.3. The van der Waals surface area contributed by atoms with E-state index >= 15 is 0 Å². The summed E-state index contributed by atoms with van der Waals surface area (Å²) in [7, 11) is 3.54. The second kappa shape index (κ2) is 51.1. The maximum atomic E-state index is 12.8. The second-order valence-electron chi connectivity index (χ2n) is 19.6. The molecule has 0 bridgehead atoms. The predicted octanol–water partition coefficient (Wildman–Crippen LogP) is 12.2. The van der Waals surface area contributed by atoms with Crippen molar-refractivity contribution in [2.24, 2.45) is 0 Å². The Hall–Kier alpha value is -2.28. The summed E-state index contributed by atoms with van der Waals surface area (Å²) < 4.78 is 21.8. The van der Waals surface area contributed by atoms with E-state index in [1.165, 1.54) is 142 Å². The van der Waals surface area contributed by atoms with Gasteiger partial charge in [-0.05, 0) is 39.3 Å². The highest BCUT2D eigenvalue weighted by Gasteiger charge is 2.16. The fourth-order valence-corrected chi connectivity index (χ4v) is 8.45. The average Bonchev–Trinajstić information content (AvgIpc) is 3.34. The molecule has 12 nitrogen and oxygen atoms in total. The first-order valence-corrected chi connectivity index (χ1v) is 28.6. The Bertz CT molecular complexity index is 1110. The van der Waals surface area contributed by atoms with E-state index in [-0.39, 0.29) is 30.3 Å². The number of rotatable bonds is 53. The van der Waals surface area contributed by atoms with Gasteiger partial charge < -0.3 is 38.5 Å². The summed E-state index contributed by atoms with van der Waals surface area (Å²) in [6, 6.07) is 0. The Balaban J connectivity index is 5.00. The molecule has 0 aliphatic rings. The first kappa shape index (κ1) is 65.7. The molecule has 0 fully saturated rings. The smallest absolute Gasteiger partial charge is 0.307 e. The van der Waals surface area contributed by atoms with Crippen LogP contribution >= 0.6 is 0 Å². The van der Waals surface area contributed by atoms with Crippen LogP contribution in [0.4, 0.5) is 0 Å². The van der Waals surface area contributed by atoms with Gasteiger partial charge in [-0.25, -0.2) is 0 Å². The minimum Gasteiger partial charge on any atom is -0.469 e. The first-order valence-electron chi connectivity index (χ1n) is 28.6. The molecule has 68 heavy (non-hydrogen) atoms.